The predicted octanol–water partition coefficient (Wildman–Crippen LogP) is 2.20. The van der Waals surface area contributed by atoms with Crippen molar-refractivity contribution in [1.29, 1.82) is 0 Å². The first-order valence-electron chi connectivity index (χ1n) is 6.38. The molecule has 18 heavy (non-hydrogen) atoms. The van der Waals surface area contributed by atoms with Gasteiger partial charge in [-0.2, -0.15) is 5.10 Å². The number of nitrogens with zero attached hydrogens (tertiary/aromatic N) is 3. The van der Waals surface area contributed by atoms with Crippen LogP contribution in [0.3, 0.4) is 0 Å². The average Bonchev–Trinajstić information content (AvgIpc) is 2.80. The minimum absolute atomic E-state index is 0.601. The van der Waals surface area contributed by atoms with Crippen molar-refractivity contribution in [2.45, 2.75) is 20.3 Å². The van der Waals surface area contributed by atoms with Gasteiger partial charge in [-0.1, -0.05) is 13.8 Å². The lowest BCUT2D eigenvalue weighted by Crippen LogP contribution is -2.09. The van der Waals surface area contributed by atoms with Crippen molar-refractivity contribution < 1.29 is 4.74 Å². The second-order valence-electron chi connectivity index (χ2n) is 4.70. The number of nitrogens with one attached hydrogen (secondary N) is 1. The van der Waals surface area contributed by atoms with E-state index < -0.39 is 0 Å². The lowest BCUT2D eigenvalue weighted by atomic mass is 10.2. The number of aromatic nitrogens is 3. The molecule has 1 N–H and O–H groups in total. The van der Waals surface area contributed by atoms with E-state index in [0.29, 0.717) is 5.92 Å². The maximum atomic E-state index is 5.52. The normalized spacial score (nSPS) is 11.3. The highest BCUT2D eigenvalue weighted by Crippen LogP contribution is 2.05. The van der Waals surface area contributed by atoms with Crippen LogP contribution in [0.5, 0.6) is 0 Å². The van der Waals surface area contributed by atoms with Crippen LogP contribution in [-0.4, -0.2) is 34.4 Å². The van der Waals surface area contributed by atoms with E-state index >= 15 is 0 Å². The second-order valence-corrected chi connectivity index (χ2v) is 4.70. The molecule has 0 bridgehead atoms. The first-order chi connectivity index (χ1) is 8.75. The van der Waals surface area contributed by atoms with E-state index in [4.69, 9.17) is 4.74 Å². The molecule has 0 unspecified atom stereocenters. The van der Waals surface area contributed by atoms with E-state index in [0.717, 1.165) is 37.6 Å². The van der Waals surface area contributed by atoms with Crippen molar-refractivity contribution in [3.63, 3.8) is 0 Å². The van der Waals surface area contributed by atoms with Crippen LogP contribution in [0.4, 0.5) is 5.82 Å². The molecular weight excluding hydrogens is 228 g/mol. The number of ether oxygens (including phenoxy) is 1. The molecule has 0 saturated carbocycles. The molecule has 0 saturated heterocycles. The zero-order valence-electron chi connectivity index (χ0n) is 11.0. The topological polar surface area (TPSA) is 51.5 Å². The molecule has 2 heterocycles. The minimum Gasteiger partial charge on any atom is -0.381 e. The molecule has 0 atom stereocenters. The van der Waals surface area contributed by atoms with E-state index in [-0.39, 0.29) is 0 Å². The van der Waals surface area contributed by atoms with Crippen molar-refractivity contribution >= 4 is 11.5 Å². The molecule has 98 valence electrons. The Kier molecular flexibility index (Phi) is 4.52. The maximum absolute atomic E-state index is 5.52. The van der Waals surface area contributed by atoms with Gasteiger partial charge < -0.3 is 10.1 Å². The van der Waals surface area contributed by atoms with Gasteiger partial charge in [0.25, 0.3) is 0 Å². The van der Waals surface area contributed by atoms with Gasteiger partial charge in [0.2, 0.25) is 0 Å². The van der Waals surface area contributed by atoms with Gasteiger partial charge >= 0.3 is 0 Å². The Bertz CT molecular complexity index is 481. The molecule has 0 radical (unpaired) electrons. The molecule has 2 aromatic heterocycles. The molecule has 0 aromatic carbocycles. The summed E-state index contributed by atoms with van der Waals surface area (Å²) in [5.41, 5.74) is 0.857. The van der Waals surface area contributed by atoms with Crippen LogP contribution in [-0.2, 0) is 4.74 Å². The van der Waals surface area contributed by atoms with Crippen molar-refractivity contribution in [1.82, 2.24) is 14.6 Å². The van der Waals surface area contributed by atoms with E-state index in [2.05, 4.69) is 29.2 Å². The molecule has 0 aliphatic rings. The Balaban J connectivity index is 1.70. The van der Waals surface area contributed by atoms with Gasteiger partial charge in [0.15, 0.2) is 5.65 Å². The molecule has 2 rings (SSSR count). The Morgan fingerprint density at radius 2 is 2.28 bits per heavy atom. The summed E-state index contributed by atoms with van der Waals surface area (Å²) in [6.45, 7) is 6.81. The van der Waals surface area contributed by atoms with Gasteiger partial charge in [-0.15, -0.1) is 0 Å². The summed E-state index contributed by atoms with van der Waals surface area (Å²) in [5, 5.41) is 7.39. The summed E-state index contributed by atoms with van der Waals surface area (Å²) in [5.74, 6) is 1.48. The fourth-order valence-corrected chi connectivity index (χ4v) is 1.62. The summed E-state index contributed by atoms with van der Waals surface area (Å²) in [4.78, 5) is 4.43. The third-order valence-electron chi connectivity index (χ3n) is 2.48. The Labute approximate surface area is 107 Å². The Morgan fingerprint density at radius 1 is 1.39 bits per heavy atom. The van der Waals surface area contributed by atoms with Crippen LogP contribution in [0.25, 0.3) is 5.65 Å². The number of rotatable bonds is 7. The van der Waals surface area contributed by atoms with E-state index in [9.17, 15) is 0 Å². The third-order valence-corrected chi connectivity index (χ3v) is 2.48. The molecule has 0 fully saturated rings. The highest BCUT2D eigenvalue weighted by molar-refractivity contribution is 5.45. The van der Waals surface area contributed by atoms with Crippen LogP contribution in [0, 0.1) is 5.92 Å². The summed E-state index contributed by atoms with van der Waals surface area (Å²) in [7, 11) is 0. The van der Waals surface area contributed by atoms with E-state index in [1.165, 1.54) is 0 Å². The first kappa shape index (κ1) is 12.8. The van der Waals surface area contributed by atoms with Gasteiger partial charge in [-0.3, -0.25) is 0 Å². The molecule has 0 aliphatic carbocycles. The van der Waals surface area contributed by atoms with E-state index in [1.807, 2.05) is 18.3 Å². The Morgan fingerprint density at radius 3 is 3.11 bits per heavy atom. The first-order valence-corrected chi connectivity index (χ1v) is 6.38. The number of hydrogen-bond acceptors (Lipinski definition) is 4. The quantitative estimate of drug-likeness (QED) is 0.763. The van der Waals surface area contributed by atoms with Crippen molar-refractivity contribution in [3.8, 4) is 0 Å². The molecule has 0 amide bonds. The van der Waals surface area contributed by atoms with Gasteiger partial charge in [0.1, 0.15) is 5.82 Å². The van der Waals surface area contributed by atoms with Crippen LogP contribution in [0.2, 0.25) is 0 Å². The van der Waals surface area contributed by atoms with Crippen molar-refractivity contribution in [3.05, 3.63) is 24.5 Å². The molecule has 0 aliphatic heterocycles. The zero-order chi connectivity index (χ0) is 12.8. The molecule has 5 nitrogen and oxygen atoms in total. The summed E-state index contributed by atoms with van der Waals surface area (Å²) < 4.78 is 7.26. The predicted molar refractivity (Wildman–Crippen MR) is 71.8 cm³/mol. The fraction of sp³-hybridized carbons (Fsp3) is 0.538. The molecule has 0 spiro atoms. The number of fused-ring (bicyclic) bond motifs is 1. The SMILES string of the molecule is CC(C)COCCCNc1ccn2nccc2n1. The molecular formula is C13H20N4O. The summed E-state index contributed by atoms with van der Waals surface area (Å²) >= 11 is 0. The lowest BCUT2D eigenvalue weighted by molar-refractivity contribution is 0.110. The zero-order valence-corrected chi connectivity index (χ0v) is 11.0. The number of anilines is 1. The van der Waals surface area contributed by atoms with Crippen LogP contribution in [0.1, 0.15) is 20.3 Å². The van der Waals surface area contributed by atoms with Crippen LogP contribution >= 0.6 is 0 Å². The van der Waals surface area contributed by atoms with Gasteiger partial charge in [0.05, 0.1) is 6.20 Å². The molecule has 5 heteroatoms. The van der Waals surface area contributed by atoms with Crippen LogP contribution < -0.4 is 5.32 Å². The molecule has 2 aromatic rings. The minimum atomic E-state index is 0.601. The standard InChI is InChI=1S/C13H20N4O/c1-11(2)10-18-9-3-6-14-12-5-8-17-13(16-12)4-7-15-17/h4-5,7-8,11H,3,6,9-10H2,1-2H3,(H,14,16). The third kappa shape index (κ3) is 3.70. The highest BCUT2D eigenvalue weighted by Gasteiger charge is 1.98. The monoisotopic (exact) mass is 248 g/mol. The van der Waals surface area contributed by atoms with Gasteiger partial charge in [0, 0.05) is 32.0 Å². The summed E-state index contributed by atoms with van der Waals surface area (Å²) in [6.07, 6.45) is 4.63. The second kappa shape index (κ2) is 6.35. The lowest BCUT2D eigenvalue weighted by Gasteiger charge is -2.08. The fourth-order valence-electron chi connectivity index (χ4n) is 1.62. The largest absolute Gasteiger partial charge is 0.381 e. The van der Waals surface area contributed by atoms with Gasteiger partial charge in [-0.25, -0.2) is 9.50 Å². The van der Waals surface area contributed by atoms with Crippen molar-refractivity contribution in [2.75, 3.05) is 25.1 Å². The average molecular weight is 248 g/mol. The van der Waals surface area contributed by atoms with Crippen LogP contribution in [0.15, 0.2) is 24.5 Å². The highest BCUT2D eigenvalue weighted by atomic mass is 16.5. The Hall–Kier alpha value is -1.62. The van der Waals surface area contributed by atoms with E-state index in [1.54, 1.807) is 10.7 Å². The smallest absolute Gasteiger partial charge is 0.157 e. The number of hydrogen-bond donors (Lipinski definition) is 1. The maximum Gasteiger partial charge on any atom is 0.157 e. The van der Waals surface area contributed by atoms with Gasteiger partial charge in [-0.05, 0) is 18.4 Å². The summed E-state index contributed by atoms with van der Waals surface area (Å²) in [6, 6.07) is 3.81. The van der Waals surface area contributed by atoms with Crippen molar-refractivity contribution in [2.24, 2.45) is 5.92 Å².